The zero-order valence-electron chi connectivity index (χ0n) is 10.6. The number of halogens is 1. The average Bonchev–Trinajstić information content (AvgIpc) is 2.43. The fourth-order valence-electron chi connectivity index (χ4n) is 2.61. The van der Waals surface area contributed by atoms with E-state index in [0.29, 0.717) is 11.1 Å². The second kappa shape index (κ2) is 4.87. The van der Waals surface area contributed by atoms with Gasteiger partial charge in [-0.2, -0.15) is 0 Å². The lowest BCUT2D eigenvalue weighted by molar-refractivity contribution is 0.499. The van der Waals surface area contributed by atoms with E-state index in [1.165, 1.54) is 0 Å². The van der Waals surface area contributed by atoms with Crippen LogP contribution in [0.5, 0.6) is 0 Å². The molecule has 0 atom stereocenters. The predicted octanol–water partition coefficient (Wildman–Crippen LogP) is 2.40. The van der Waals surface area contributed by atoms with E-state index in [9.17, 15) is 0 Å². The van der Waals surface area contributed by atoms with Crippen LogP contribution >= 0.6 is 11.6 Å². The first-order valence-corrected chi connectivity index (χ1v) is 6.88. The first-order valence-electron chi connectivity index (χ1n) is 6.50. The molecule has 0 saturated carbocycles. The van der Waals surface area contributed by atoms with Crippen LogP contribution in [0.2, 0.25) is 5.02 Å². The number of hydrogen-bond acceptors (Lipinski definition) is 4. The highest BCUT2D eigenvalue weighted by atomic mass is 35.5. The quantitative estimate of drug-likeness (QED) is 0.785. The number of pyridine rings is 1. The minimum atomic E-state index is 0.298. The molecule has 5 heteroatoms. The van der Waals surface area contributed by atoms with E-state index in [0.717, 1.165) is 48.2 Å². The van der Waals surface area contributed by atoms with Gasteiger partial charge in [-0.15, -0.1) is 0 Å². The highest BCUT2D eigenvalue weighted by Crippen LogP contribution is 2.35. The van der Waals surface area contributed by atoms with Crippen molar-refractivity contribution >= 4 is 33.9 Å². The van der Waals surface area contributed by atoms with Crippen molar-refractivity contribution in [2.24, 2.45) is 5.73 Å². The van der Waals surface area contributed by atoms with Crippen molar-refractivity contribution in [3.05, 3.63) is 29.4 Å². The molecule has 1 aliphatic heterocycles. The molecule has 1 fully saturated rings. The van der Waals surface area contributed by atoms with Gasteiger partial charge in [-0.1, -0.05) is 11.6 Å². The summed E-state index contributed by atoms with van der Waals surface area (Å²) in [5.41, 5.74) is 12.7. The number of anilines is 2. The highest BCUT2D eigenvalue weighted by molar-refractivity contribution is 6.37. The molecule has 2 heterocycles. The maximum Gasteiger partial charge on any atom is 0.137 e. The van der Waals surface area contributed by atoms with Gasteiger partial charge in [0.15, 0.2) is 0 Å². The van der Waals surface area contributed by atoms with Crippen LogP contribution in [0.1, 0.15) is 12.8 Å². The van der Waals surface area contributed by atoms with Crippen molar-refractivity contribution in [1.29, 1.82) is 0 Å². The summed E-state index contributed by atoms with van der Waals surface area (Å²) in [6, 6.07) is 5.88. The molecular formula is C14H17ClN4. The summed E-state index contributed by atoms with van der Waals surface area (Å²) >= 11 is 6.34. The predicted molar refractivity (Wildman–Crippen MR) is 80.6 cm³/mol. The average molecular weight is 277 g/mol. The van der Waals surface area contributed by atoms with Crippen LogP contribution < -0.4 is 16.4 Å². The second-order valence-electron chi connectivity index (χ2n) is 5.02. The molecule has 100 valence electrons. The van der Waals surface area contributed by atoms with E-state index in [1.807, 2.05) is 18.2 Å². The summed E-state index contributed by atoms with van der Waals surface area (Å²) in [6.07, 6.45) is 3.76. The number of rotatable bonds is 1. The number of nitrogens with zero attached hydrogens (tertiary/aromatic N) is 2. The number of benzene rings is 1. The molecule has 0 unspecified atom stereocenters. The van der Waals surface area contributed by atoms with Gasteiger partial charge in [0.25, 0.3) is 0 Å². The Balaban J connectivity index is 2.11. The number of fused-ring (bicyclic) bond motifs is 1. The maximum absolute atomic E-state index is 6.34. The van der Waals surface area contributed by atoms with Crippen molar-refractivity contribution in [2.45, 2.75) is 18.9 Å². The van der Waals surface area contributed by atoms with Crippen molar-refractivity contribution in [3.8, 4) is 0 Å². The fraction of sp³-hybridized carbons (Fsp3) is 0.357. The van der Waals surface area contributed by atoms with Gasteiger partial charge in [-0.3, -0.25) is 0 Å². The van der Waals surface area contributed by atoms with Crippen LogP contribution in [0.4, 0.5) is 11.5 Å². The van der Waals surface area contributed by atoms with Crippen LogP contribution in [0.25, 0.3) is 10.8 Å². The zero-order chi connectivity index (χ0) is 13.4. The number of aromatic nitrogens is 1. The Kier molecular flexibility index (Phi) is 3.21. The van der Waals surface area contributed by atoms with E-state index < -0.39 is 0 Å². The van der Waals surface area contributed by atoms with Gasteiger partial charge in [0.2, 0.25) is 0 Å². The molecule has 0 spiro atoms. The lowest BCUT2D eigenvalue weighted by Crippen LogP contribution is -2.40. The summed E-state index contributed by atoms with van der Waals surface area (Å²) in [6.45, 7) is 1.83. The van der Waals surface area contributed by atoms with E-state index in [1.54, 1.807) is 6.20 Å². The van der Waals surface area contributed by atoms with E-state index >= 15 is 0 Å². The Hall–Kier alpha value is -1.52. The van der Waals surface area contributed by atoms with Crippen molar-refractivity contribution in [1.82, 2.24) is 4.98 Å². The summed E-state index contributed by atoms with van der Waals surface area (Å²) in [7, 11) is 0. The van der Waals surface area contributed by atoms with Gasteiger partial charge < -0.3 is 16.4 Å². The van der Waals surface area contributed by atoms with Crippen LogP contribution in [0.15, 0.2) is 24.4 Å². The first kappa shape index (κ1) is 12.5. The molecule has 2 aromatic rings. The van der Waals surface area contributed by atoms with Crippen LogP contribution in [0.3, 0.4) is 0 Å². The normalized spacial score (nSPS) is 17.1. The summed E-state index contributed by atoms with van der Waals surface area (Å²) in [4.78, 5) is 6.75. The smallest absolute Gasteiger partial charge is 0.137 e. The van der Waals surface area contributed by atoms with Crippen LogP contribution in [0, 0.1) is 0 Å². The fourth-order valence-corrected chi connectivity index (χ4v) is 2.86. The highest BCUT2D eigenvalue weighted by Gasteiger charge is 2.20. The Bertz CT molecular complexity index is 606. The Morgan fingerprint density at radius 2 is 1.95 bits per heavy atom. The molecule has 0 radical (unpaired) electrons. The molecular weight excluding hydrogens is 260 g/mol. The molecule has 19 heavy (non-hydrogen) atoms. The van der Waals surface area contributed by atoms with Crippen LogP contribution in [-0.4, -0.2) is 24.1 Å². The SMILES string of the molecule is Nc1ccc(Cl)c2c(N3CCC(N)CC3)nccc12. The van der Waals surface area contributed by atoms with Crippen molar-refractivity contribution in [3.63, 3.8) is 0 Å². The standard InChI is InChI=1S/C14H17ClN4/c15-11-1-2-12(17)10-3-6-18-14(13(10)11)19-7-4-9(16)5-8-19/h1-3,6,9H,4-5,7-8,16-17H2. The Morgan fingerprint density at radius 3 is 2.68 bits per heavy atom. The van der Waals surface area contributed by atoms with Crippen molar-refractivity contribution < 1.29 is 0 Å². The molecule has 0 aliphatic carbocycles. The zero-order valence-corrected chi connectivity index (χ0v) is 11.4. The molecule has 0 amide bonds. The second-order valence-corrected chi connectivity index (χ2v) is 5.43. The minimum Gasteiger partial charge on any atom is -0.398 e. The monoisotopic (exact) mass is 276 g/mol. The molecule has 1 aromatic heterocycles. The molecule has 4 N–H and O–H groups in total. The van der Waals surface area contributed by atoms with Crippen molar-refractivity contribution in [2.75, 3.05) is 23.7 Å². The van der Waals surface area contributed by atoms with Gasteiger partial charge in [0.1, 0.15) is 5.82 Å². The van der Waals surface area contributed by atoms with Gasteiger partial charge in [0.05, 0.1) is 5.02 Å². The molecule has 0 bridgehead atoms. The van der Waals surface area contributed by atoms with E-state index in [4.69, 9.17) is 23.1 Å². The summed E-state index contributed by atoms with van der Waals surface area (Å²) < 4.78 is 0. The third-order valence-electron chi connectivity index (χ3n) is 3.73. The molecule has 4 nitrogen and oxygen atoms in total. The largest absolute Gasteiger partial charge is 0.398 e. The third kappa shape index (κ3) is 2.22. The van der Waals surface area contributed by atoms with E-state index in [-0.39, 0.29) is 0 Å². The van der Waals surface area contributed by atoms with Crippen LogP contribution in [-0.2, 0) is 0 Å². The minimum absolute atomic E-state index is 0.298. The first-order chi connectivity index (χ1) is 9.16. The van der Waals surface area contributed by atoms with E-state index in [2.05, 4.69) is 9.88 Å². The summed E-state index contributed by atoms with van der Waals surface area (Å²) in [5.74, 6) is 0.918. The molecule has 1 saturated heterocycles. The Labute approximate surface area is 117 Å². The lowest BCUT2D eigenvalue weighted by Gasteiger charge is -2.32. The maximum atomic E-state index is 6.34. The Morgan fingerprint density at radius 1 is 1.21 bits per heavy atom. The molecule has 1 aromatic carbocycles. The number of nitrogen functional groups attached to an aromatic ring is 1. The van der Waals surface area contributed by atoms with Gasteiger partial charge in [-0.05, 0) is 31.0 Å². The topological polar surface area (TPSA) is 68.2 Å². The number of hydrogen-bond donors (Lipinski definition) is 2. The lowest BCUT2D eigenvalue weighted by atomic mass is 10.0. The number of piperidine rings is 1. The third-order valence-corrected chi connectivity index (χ3v) is 4.04. The number of nitrogens with two attached hydrogens (primary N) is 2. The van der Waals surface area contributed by atoms with Gasteiger partial charge in [0, 0.05) is 41.8 Å². The summed E-state index contributed by atoms with van der Waals surface area (Å²) in [5, 5.41) is 2.61. The van der Waals surface area contributed by atoms with Gasteiger partial charge >= 0.3 is 0 Å². The molecule has 1 aliphatic rings. The van der Waals surface area contributed by atoms with Gasteiger partial charge in [-0.25, -0.2) is 4.98 Å². The molecule has 3 rings (SSSR count).